The van der Waals surface area contributed by atoms with Crippen molar-refractivity contribution in [1.82, 2.24) is 0 Å². The van der Waals surface area contributed by atoms with E-state index in [1.54, 1.807) is 74.9 Å². The van der Waals surface area contributed by atoms with Gasteiger partial charge in [0.1, 0.15) is 11.5 Å². The predicted molar refractivity (Wildman–Crippen MR) is 152 cm³/mol. The fraction of sp³-hybridized carbons (Fsp3) is 0.0769. The summed E-state index contributed by atoms with van der Waals surface area (Å²) >= 11 is 2.54. The molecule has 0 fully saturated rings. The Morgan fingerprint density at radius 1 is 0.553 bits per heavy atom. The minimum Gasteiger partial charge on any atom is -0.497 e. The molecule has 0 aliphatic heterocycles. The number of para-hydroxylation sites is 2. The van der Waals surface area contributed by atoms with Gasteiger partial charge in [-0.05, 0) is 94.4 Å². The molecule has 38 heavy (non-hydrogen) atoms. The summed E-state index contributed by atoms with van der Waals surface area (Å²) in [6.07, 6.45) is 0. The van der Waals surface area contributed by atoms with E-state index in [4.69, 9.17) is 9.47 Å². The van der Waals surface area contributed by atoms with Crippen LogP contribution in [-0.4, -0.2) is 24.1 Å². The lowest BCUT2D eigenvalue weighted by atomic mass is 10.3. The summed E-state index contributed by atoms with van der Waals surface area (Å²) in [6.45, 7) is 0. The number of hydrogen-bond donors (Lipinski definition) is 0. The lowest BCUT2D eigenvalue weighted by Gasteiger charge is -2.09. The number of methoxy groups -OCH3 is 2. The van der Waals surface area contributed by atoms with Crippen molar-refractivity contribution in [2.45, 2.75) is 29.4 Å². The molecule has 0 saturated carbocycles. The van der Waals surface area contributed by atoms with E-state index in [2.05, 4.69) is 0 Å². The minimum atomic E-state index is -0.418. The first kappa shape index (κ1) is 27.7. The summed E-state index contributed by atoms with van der Waals surface area (Å²) in [5, 5.41) is 24.1. The van der Waals surface area contributed by atoms with Gasteiger partial charge in [0.25, 0.3) is 11.4 Å². The van der Waals surface area contributed by atoms with Gasteiger partial charge in [0.05, 0.1) is 43.6 Å². The Bertz CT molecular complexity index is 1340. The number of nitro benzene ring substituents is 2. The normalized spacial score (nSPS) is 10.7. The molecule has 0 aliphatic carbocycles. The van der Waals surface area contributed by atoms with Crippen molar-refractivity contribution in [2.24, 2.45) is 0 Å². The summed E-state index contributed by atoms with van der Waals surface area (Å²) in [4.78, 5) is 26.7. The summed E-state index contributed by atoms with van der Waals surface area (Å²) in [7, 11) is 5.39. The molecular formula is C26H20N2O6S4. The Morgan fingerprint density at radius 2 is 0.895 bits per heavy atom. The number of nitro groups is 2. The molecule has 0 atom stereocenters. The Kier molecular flexibility index (Phi) is 9.45. The van der Waals surface area contributed by atoms with Crippen LogP contribution in [0.4, 0.5) is 11.4 Å². The molecule has 0 heterocycles. The Hall–Kier alpha value is -3.32. The number of benzene rings is 4. The van der Waals surface area contributed by atoms with Crippen molar-refractivity contribution >= 4 is 56.5 Å². The lowest BCUT2D eigenvalue weighted by molar-refractivity contribution is -0.390. The molecule has 0 aromatic heterocycles. The zero-order valence-electron chi connectivity index (χ0n) is 20.1. The van der Waals surface area contributed by atoms with Crippen LogP contribution in [0.15, 0.2) is 114 Å². The quantitative estimate of drug-likeness (QED) is 0.0966. The lowest BCUT2D eigenvalue weighted by Crippen LogP contribution is -1.94. The monoisotopic (exact) mass is 584 g/mol. The molecule has 0 bridgehead atoms. The van der Waals surface area contributed by atoms with Gasteiger partial charge < -0.3 is 9.47 Å². The van der Waals surface area contributed by atoms with Crippen LogP contribution in [0.2, 0.25) is 0 Å². The van der Waals surface area contributed by atoms with Gasteiger partial charge in [-0.2, -0.15) is 0 Å². The molecule has 12 heteroatoms. The largest absolute Gasteiger partial charge is 0.497 e. The van der Waals surface area contributed by atoms with Gasteiger partial charge in [0, 0.05) is 9.79 Å². The molecule has 0 aliphatic rings. The Balaban J connectivity index is 1.59. The molecule has 4 aromatic carbocycles. The van der Waals surface area contributed by atoms with Crippen molar-refractivity contribution in [3.05, 3.63) is 105 Å². The van der Waals surface area contributed by atoms with Crippen molar-refractivity contribution in [2.75, 3.05) is 14.2 Å². The zero-order valence-corrected chi connectivity index (χ0v) is 23.3. The van der Waals surface area contributed by atoms with Crippen molar-refractivity contribution in [3.63, 3.8) is 0 Å². The molecule has 0 N–H and O–H groups in total. The average Bonchev–Trinajstić information content (AvgIpc) is 2.92. The summed E-state index contributed by atoms with van der Waals surface area (Å²) in [5.74, 6) is 1.39. The van der Waals surface area contributed by atoms with Gasteiger partial charge in [0.15, 0.2) is 0 Å². The number of hydrogen-bond acceptors (Lipinski definition) is 10. The second kappa shape index (κ2) is 13.0. The minimum absolute atomic E-state index is 0.0442. The van der Waals surface area contributed by atoms with E-state index < -0.39 is 9.85 Å². The molecule has 8 nitrogen and oxygen atoms in total. The van der Waals surface area contributed by atoms with Crippen LogP contribution in [0.5, 0.6) is 11.5 Å². The Labute approximate surface area is 235 Å². The van der Waals surface area contributed by atoms with Gasteiger partial charge >= 0.3 is 0 Å². The molecule has 0 amide bonds. The van der Waals surface area contributed by atoms with Crippen LogP contribution in [0.3, 0.4) is 0 Å². The van der Waals surface area contributed by atoms with E-state index in [9.17, 15) is 20.2 Å². The topological polar surface area (TPSA) is 105 Å². The maximum atomic E-state index is 12.1. The summed E-state index contributed by atoms with van der Waals surface area (Å²) in [5.41, 5.74) is -0.0885. The second-order valence-corrected chi connectivity index (χ2v) is 11.9. The van der Waals surface area contributed by atoms with Crippen LogP contribution in [-0.2, 0) is 0 Å². The highest BCUT2D eigenvalue weighted by molar-refractivity contribution is 8.76. The van der Waals surface area contributed by atoms with Crippen LogP contribution in [0.1, 0.15) is 0 Å². The highest BCUT2D eigenvalue weighted by Crippen LogP contribution is 2.50. The fourth-order valence-corrected chi connectivity index (χ4v) is 7.65. The standard InChI is InChI=1S/C26H20N2O6S4/c1-33-17-9-13-19(14-10-17)35-21-5-3-7-23(25(21)27(29)30)37-38-24-8-4-6-22(26(24)28(31)32)36-20-15-11-18(34-2)12-16-20/h3-16H,1-2H3. The van der Waals surface area contributed by atoms with E-state index >= 15 is 0 Å². The van der Waals surface area contributed by atoms with Crippen LogP contribution >= 0.6 is 45.1 Å². The van der Waals surface area contributed by atoms with Gasteiger partial charge in [0.2, 0.25) is 0 Å². The maximum absolute atomic E-state index is 12.1. The van der Waals surface area contributed by atoms with Crippen molar-refractivity contribution in [3.8, 4) is 11.5 Å². The molecule has 194 valence electrons. The van der Waals surface area contributed by atoms with Gasteiger partial charge in [-0.25, -0.2) is 0 Å². The van der Waals surface area contributed by atoms with Crippen LogP contribution in [0.25, 0.3) is 0 Å². The van der Waals surface area contributed by atoms with Crippen molar-refractivity contribution < 1.29 is 19.3 Å². The summed E-state index contributed by atoms with van der Waals surface area (Å²) < 4.78 is 10.3. The number of rotatable bonds is 11. The van der Waals surface area contributed by atoms with E-state index in [1.807, 2.05) is 24.3 Å². The summed E-state index contributed by atoms with van der Waals surface area (Å²) in [6, 6.07) is 24.6. The first-order valence-electron chi connectivity index (χ1n) is 10.9. The van der Waals surface area contributed by atoms with E-state index in [0.29, 0.717) is 31.1 Å². The predicted octanol–water partition coefficient (Wildman–Crippen LogP) is 8.62. The number of ether oxygens (including phenoxy) is 2. The van der Waals surface area contributed by atoms with E-state index in [-0.39, 0.29) is 11.4 Å². The third kappa shape index (κ3) is 6.76. The molecular weight excluding hydrogens is 565 g/mol. The van der Waals surface area contributed by atoms with E-state index in [1.165, 1.54) is 23.5 Å². The van der Waals surface area contributed by atoms with Gasteiger partial charge in [-0.1, -0.05) is 35.7 Å². The van der Waals surface area contributed by atoms with Gasteiger partial charge in [-0.3, -0.25) is 20.2 Å². The van der Waals surface area contributed by atoms with E-state index in [0.717, 1.165) is 31.4 Å². The molecule has 0 radical (unpaired) electrons. The zero-order chi connectivity index (χ0) is 27.1. The average molecular weight is 585 g/mol. The number of nitrogens with zero attached hydrogens (tertiary/aromatic N) is 2. The van der Waals surface area contributed by atoms with Crippen molar-refractivity contribution in [1.29, 1.82) is 0 Å². The Morgan fingerprint density at radius 3 is 1.21 bits per heavy atom. The first-order valence-corrected chi connectivity index (χ1v) is 14.7. The highest BCUT2D eigenvalue weighted by Gasteiger charge is 2.25. The maximum Gasteiger partial charge on any atom is 0.297 e. The SMILES string of the molecule is COc1ccc(Sc2cccc(SSc3cccc(Sc4ccc(OC)cc4)c3[N+](=O)[O-])c2[N+](=O)[O-])cc1. The smallest absolute Gasteiger partial charge is 0.297 e. The van der Waals surface area contributed by atoms with Gasteiger partial charge in [-0.15, -0.1) is 0 Å². The molecule has 4 rings (SSSR count). The highest BCUT2D eigenvalue weighted by atomic mass is 33.1. The van der Waals surface area contributed by atoms with Crippen LogP contribution < -0.4 is 9.47 Å². The first-order chi connectivity index (χ1) is 18.4. The molecule has 0 unspecified atom stereocenters. The molecule has 4 aromatic rings. The molecule has 0 saturated heterocycles. The fourth-order valence-electron chi connectivity index (χ4n) is 3.29. The second-order valence-electron chi connectivity index (χ2n) is 7.44. The third-order valence-corrected chi connectivity index (χ3v) is 9.63. The van der Waals surface area contributed by atoms with Crippen LogP contribution in [0, 0.1) is 20.2 Å². The third-order valence-electron chi connectivity index (χ3n) is 5.08. The molecule has 0 spiro atoms.